The molecule has 1 aromatic heterocycles. The van der Waals surface area contributed by atoms with Crippen molar-refractivity contribution in [2.45, 2.75) is 0 Å². The summed E-state index contributed by atoms with van der Waals surface area (Å²) in [6.07, 6.45) is 0. The summed E-state index contributed by atoms with van der Waals surface area (Å²) in [6.45, 7) is 0. The fourth-order valence-corrected chi connectivity index (χ4v) is 1.57. The predicted molar refractivity (Wildman–Crippen MR) is 50.5 cm³/mol. The van der Waals surface area contributed by atoms with Gasteiger partial charge in [0.1, 0.15) is 0 Å². The van der Waals surface area contributed by atoms with Crippen LogP contribution >= 0.6 is 15.9 Å². The monoisotopic (exact) mass is 226 g/mol. The van der Waals surface area contributed by atoms with E-state index in [0.717, 1.165) is 21.4 Å². The van der Waals surface area contributed by atoms with Crippen molar-refractivity contribution in [1.29, 1.82) is 0 Å². The molecule has 0 amide bonds. The van der Waals surface area contributed by atoms with Gasteiger partial charge in [0.2, 0.25) is 0 Å². The fourth-order valence-electron chi connectivity index (χ4n) is 1.17. The molecule has 12 heavy (non-hydrogen) atoms. The van der Waals surface area contributed by atoms with Gasteiger partial charge in [0.25, 0.3) is 0 Å². The number of methoxy groups -OCH3 is 1. The van der Waals surface area contributed by atoms with E-state index in [4.69, 9.17) is 9.15 Å². The molecule has 0 fully saturated rings. The van der Waals surface area contributed by atoms with Crippen LogP contribution in [0.4, 0.5) is 0 Å². The molecular formula is C9H7BrO2. The van der Waals surface area contributed by atoms with Crippen LogP contribution in [0.1, 0.15) is 0 Å². The van der Waals surface area contributed by atoms with Gasteiger partial charge in [-0.25, -0.2) is 0 Å². The number of fused-ring (bicyclic) bond motifs is 1. The fraction of sp³-hybridized carbons (Fsp3) is 0.111. The second kappa shape index (κ2) is 2.83. The molecule has 0 N–H and O–H groups in total. The van der Waals surface area contributed by atoms with Gasteiger partial charge >= 0.3 is 0 Å². The standard InChI is InChI=1S/C9H7BrO2/c1-11-7-4-2-3-6-5-8(10)12-9(6)7/h2-5H,1H3. The molecule has 2 rings (SSSR count). The summed E-state index contributed by atoms with van der Waals surface area (Å²) in [5.74, 6) is 0.762. The van der Waals surface area contributed by atoms with Gasteiger partial charge in [0.15, 0.2) is 16.0 Å². The van der Waals surface area contributed by atoms with Crippen LogP contribution in [0.15, 0.2) is 33.4 Å². The maximum atomic E-state index is 5.38. The second-order valence-corrected chi connectivity index (χ2v) is 3.21. The van der Waals surface area contributed by atoms with Crippen molar-refractivity contribution in [2.24, 2.45) is 0 Å². The Hall–Kier alpha value is -0.960. The zero-order chi connectivity index (χ0) is 8.55. The highest BCUT2D eigenvalue weighted by atomic mass is 79.9. The molecule has 1 aromatic carbocycles. The van der Waals surface area contributed by atoms with Crippen LogP contribution in [-0.4, -0.2) is 7.11 Å². The number of hydrogen-bond donors (Lipinski definition) is 0. The molecule has 0 atom stereocenters. The van der Waals surface area contributed by atoms with Crippen molar-refractivity contribution < 1.29 is 9.15 Å². The van der Waals surface area contributed by atoms with Crippen LogP contribution < -0.4 is 4.74 Å². The van der Waals surface area contributed by atoms with Crippen LogP contribution in [0.2, 0.25) is 0 Å². The average Bonchev–Trinajstić information content (AvgIpc) is 2.44. The Balaban J connectivity index is 2.78. The summed E-state index contributed by atoms with van der Waals surface area (Å²) in [4.78, 5) is 0. The maximum absolute atomic E-state index is 5.38. The first-order valence-corrected chi connectivity index (χ1v) is 4.32. The summed E-state index contributed by atoms with van der Waals surface area (Å²) in [5, 5.41) is 1.04. The first-order chi connectivity index (χ1) is 5.81. The van der Waals surface area contributed by atoms with Crippen molar-refractivity contribution in [1.82, 2.24) is 0 Å². The Labute approximate surface area is 78.3 Å². The molecule has 2 aromatic rings. The van der Waals surface area contributed by atoms with Gasteiger partial charge in [0.05, 0.1) is 7.11 Å². The molecule has 0 aliphatic rings. The number of furan rings is 1. The summed E-state index contributed by atoms with van der Waals surface area (Å²) >= 11 is 3.27. The topological polar surface area (TPSA) is 22.4 Å². The van der Waals surface area contributed by atoms with E-state index in [2.05, 4.69) is 15.9 Å². The normalized spacial score (nSPS) is 10.5. The van der Waals surface area contributed by atoms with Crippen molar-refractivity contribution in [3.63, 3.8) is 0 Å². The van der Waals surface area contributed by atoms with Gasteiger partial charge in [-0.3, -0.25) is 0 Å². The molecule has 0 spiro atoms. The van der Waals surface area contributed by atoms with E-state index in [0.29, 0.717) is 0 Å². The highest BCUT2D eigenvalue weighted by Gasteiger charge is 2.05. The number of halogens is 1. The molecule has 0 bridgehead atoms. The third-order valence-electron chi connectivity index (χ3n) is 1.70. The van der Waals surface area contributed by atoms with Gasteiger partial charge in [0, 0.05) is 5.39 Å². The minimum absolute atomic E-state index is 0.724. The number of benzene rings is 1. The van der Waals surface area contributed by atoms with Gasteiger partial charge in [-0.15, -0.1) is 0 Å². The Morgan fingerprint density at radius 3 is 3.00 bits per heavy atom. The SMILES string of the molecule is COc1cccc2cc(Br)oc12. The number of para-hydroxylation sites is 1. The van der Waals surface area contributed by atoms with Crippen LogP contribution in [0.3, 0.4) is 0 Å². The van der Waals surface area contributed by atoms with Crippen molar-refractivity contribution in [2.75, 3.05) is 7.11 Å². The lowest BCUT2D eigenvalue weighted by Crippen LogP contribution is -1.81. The summed E-state index contributed by atoms with van der Waals surface area (Å²) in [7, 11) is 1.63. The first kappa shape index (κ1) is 7.68. The molecule has 0 radical (unpaired) electrons. The lowest BCUT2D eigenvalue weighted by Gasteiger charge is -1.97. The summed E-state index contributed by atoms with van der Waals surface area (Å²) < 4.78 is 11.2. The first-order valence-electron chi connectivity index (χ1n) is 3.53. The molecule has 3 heteroatoms. The second-order valence-electron chi connectivity index (χ2n) is 2.43. The molecule has 0 unspecified atom stereocenters. The van der Waals surface area contributed by atoms with Crippen LogP contribution in [0.25, 0.3) is 11.0 Å². The van der Waals surface area contributed by atoms with Crippen molar-refractivity contribution >= 4 is 26.9 Å². The highest BCUT2D eigenvalue weighted by Crippen LogP contribution is 2.30. The molecule has 2 nitrogen and oxygen atoms in total. The van der Waals surface area contributed by atoms with Gasteiger partial charge < -0.3 is 9.15 Å². The number of ether oxygens (including phenoxy) is 1. The minimum Gasteiger partial charge on any atom is -0.493 e. The molecule has 0 saturated carbocycles. The minimum atomic E-state index is 0.724. The van der Waals surface area contributed by atoms with E-state index in [1.165, 1.54) is 0 Å². The quantitative estimate of drug-likeness (QED) is 0.746. The molecule has 1 heterocycles. The molecule has 0 saturated heterocycles. The van der Waals surface area contributed by atoms with E-state index in [9.17, 15) is 0 Å². The zero-order valence-electron chi connectivity index (χ0n) is 6.50. The number of hydrogen-bond acceptors (Lipinski definition) is 2. The Kier molecular flexibility index (Phi) is 1.81. The van der Waals surface area contributed by atoms with E-state index in [-0.39, 0.29) is 0 Å². The van der Waals surface area contributed by atoms with E-state index < -0.39 is 0 Å². The maximum Gasteiger partial charge on any atom is 0.177 e. The third kappa shape index (κ3) is 1.10. The summed E-state index contributed by atoms with van der Waals surface area (Å²) in [6, 6.07) is 7.70. The Morgan fingerprint density at radius 2 is 2.25 bits per heavy atom. The van der Waals surface area contributed by atoms with E-state index >= 15 is 0 Å². The van der Waals surface area contributed by atoms with Crippen LogP contribution in [0.5, 0.6) is 5.75 Å². The van der Waals surface area contributed by atoms with Gasteiger partial charge in [-0.1, -0.05) is 12.1 Å². The molecule has 62 valence electrons. The zero-order valence-corrected chi connectivity index (χ0v) is 8.09. The van der Waals surface area contributed by atoms with Crippen LogP contribution in [0, 0.1) is 0 Å². The van der Waals surface area contributed by atoms with Crippen molar-refractivity contribution in [3.05, 3.63) is 28.9 Å². The lowest BCUT2D eigenvalue weighted by atomic mass is 10.2. The van der Waals surface area contributed by atoms with Gasteiger partial charge in [-0.05, 0) is 28.1 Å². The molecule has 0 aliphatic heterocycles. The molecular weight excluding hydrogens is 220 g/mol. The number of rotatable bonds is 1. The lowest BCUT2D eigenvalue weighted by molar-refractivity contribution is 0.409. The predicted octanol–water partition coefficient (Wildman–Crippen LogP) is 3.20. The van der Waals surface area contributed by atoms with E-state index in [1.54, 1.807) is 7.11 Å². The average molecular weight is 227 g/mol. The van der Waals surface area contributed by atoms with Crippen molar-refractivity contribution in [3.8, 4) is 5.75 Å². The Morgan fingerprint density at radius 1 is 1.42 bits per heavy atom. The third-order valence-corrected chi connectivity index (χ3v) is 2.09. The summed E-state index contributed by atoms with van der Waals surface area (Å²) in [5.41, 5.74) is 0.784. The highest BCUT2D eigenvalue weighted by molar-refractivity contribution is 9.10. The smallest absolute Gasteiger partial charge is 0.177 e. The van der Waals surface area contributed by atoms with Crippen LogP contribution in [-0.2, 0) is 0 Å². The Bertz CT molecular complexity index is 406. The van der Waals surface area contributed by atoms with Gasteiger partial charge in [-0.2, -0.15) is 0 Å². The largest absolute Gasteiger partial charge is 0.493 e. The van der Waals surface area contributed by atoms with E-state index in [1.807, 2.05) is 24.3 Å². The molecule has 0 aliphatic carbocycles.